The molecule has 3 rings (SSSR count). The molecular formula is C16H20N4O4. The Hall–Kier alpha value is -2.48. The lowest BCUT2D eigenvalue weighted by atomic mass is 9.98. The van der Waals surface area contributed by atoms with E-state index in [1.807, 2.05) is 0 Å². The second-order valence-electron chi connectivity index (χ2n) is 6.45. The number of non-ortho nitro benzene ring substituents is 1. The standard InChI is InChI=1S/C16H20N4O4/c17-14-5-4-11-8-19(9-13(11)14)15(21)7-18-16(22)10-2-1-3-12(6-10)20(23)24/h1-3,6,11,13-14H,4-5,7-9,17H2,(H,18,22). The van der Waals surface area contributed by atoms with Crippen LogP contribution in [0.15, 0.2) is 24.3 Å². The number of benzene rings is 1. The van der Waals surface area contributed by atoms with Crippen molar-refractivity contribution in [2.75, 3.05) is 19.6 Å². The minimum atomic E-state index is -0.561. The number of nitrogens with one attached hydrogen (secondary N) is 1. The van der Waals surface area contributed by atoms with Crippen molar-refractivity contribution in [2.45, 2.75) is 18.9 Å². The number of hydrogen-bond acceptors (Lipinski definition) is 5. The minimum absolute atomic E-state index is 0.115. The predicted molar refractivity (Wildman–Crippen MR) is 86.2 cm³/mol. The summed E-state index contributed by atoms with van der Waals surface area (Å²) >= 11 is 0. The first-order valence-electron chi connectivity index (χ1n) is 8.01. The van der Waals surface area contributed by atoms with Crippen LogP contribution in [0.25, 0.3) is 0 Å². The molecule has 8 heteroatoms. The molecule has 24 heavy (non-hydrogen) atoms. The van der Waals surface area contributed by atoms with Crippen LogP contribution in [-0.2, 0) is 4.79 Å². The zero-order chi connectivity index (χ0) is 17.3. The van der Waals surface area contributed by atoms with E-state index in [-0.39, 0.29) is 29.7 Å². The number of nitrogens with two attached hydrogens (primary N) is 1. The quantitative estimate of drug-likeness (QED) is 0.615. The lowest BCUT2D eigenvalue weighted by molar-refractivity contribution is -0.384. The highest BCUT2D eigenvalue weighted by atomic mass is 16.6. The highest BCUT2D eigenvalue weighted by Gasteiger charge is 2.42. The summed E-state index contributed by atoms with van der Waals surface area (Å²) < 4.78 is 0. The van der Waals surface area contributed by atoms with Gasteiger partial charge in [-0.15, -0.1) is 0 Å². The highest BCUT2D eigenvalue weighted by molar-refractivity contribution is 5.97. The van der Waals surface area contributed by atoms with Crippen molar-refractivity contribution < 1.29 is 14.5 Å². The molecule has 128 valence electrons. The lowest BCUT2D eigenvalue weighted by Crippen LogP contribution is -2.40. The molecule has 3 atom stereocenters. The summed E-state index contributed by atoms with van der Waals surface area (Å²) in [5.41, 5.74) is 6.06. The molecule has 1 aromatic carbocycles. The molecule has 1 aliphatic carbocycles. The molecule has 2 amide bonds. The fourth-order valence-corrected chi connectivity index (χ4v) is 3.64. The van der Waals surface area contributed by atoms with Gasteiger partial charge in [-0.1, -0.05) is 6.07 Å². The average Bonchev–Trinajstić information content (AvgIpc) is 3.15. The maximum Gasteiger partial charge on any atom is 0.270 e. The summed E-state index contributed by atoms with van der Waals surface area (Å²) in [5, 5.41) is 13.3. The summed E-state index contributed by atoms with van der Waals surface area (Å²) in [6.07, 6.45) is 2.07. The number of nitrogens with zero attached hydrogens (tertiary/aromatic N) is 2. The maximum atomic E-state index is 12.3. The van der Waals surface area contributed by atoms with Gasteiger partial charge in [-0.3, -0.25) is 19.7 Å². The molecule has 0 bridgehead atoms. The van der Waals surface area contributed by atoms with Crippen LogP contribution in [0.1, 0.15) is 23.2 Å². The fraction of sp³-hybridized carbons (Fsp3) is 0.500. The number of hydrogen-bond donors (Lipinski definition) is 2. The van der Waals surface area contributed by atoms with Gasteiger partial charge in [0.1, 0.15) is 0 Å². The first-order chi connectivity index (χ1) is 11.5. The summed E-state index contributed by atoms with van der Waals surface area (Å²) in [7, 11) is 0. The molecule has 3 unspecified atom stereocenters. The van der Waals surface area contributed by atoms with Crippen molar-refractivity contribution in [3.8, 4) is 0 Å². The van der Waals surface area contributed by atoms with Crippen LogP contribution in [0.2, 0.25) is 0 Å². The van der Waals surface area contributed by atoms with Gasteiger partial charge in [-0.05, 0) is 30.7 Å². The molecule has 0 radical (unpaired) electrons. The third-order valence-corrected chi connectivity index (χ3v) is 4.98. The number of likely N-dealkylation sites (tertiary alicyclic amines) is 1. The highest BCUT2D eigenvalue weighted by Crippen LogP contribution is 2.36. The summed E-state index contributed by atoms with van der Waals surface area (Å²) in [5.74, 6) is 0.191. The Balaban J connectivity index is 1.54. The molecule has 2 fully saturated rings. The summed E-state index contributed by atoms with van der Waals surface area (Å²) in [6.45, 7) is 1.23. The van der Waals surface area contributed by atoms with Gasteiger partial charge in [-0.2, -0.15) is 0 Å². The minimum Gasteiger partial charge on any atom is -0.343 e. The van der Waals surface area contributed by atoms with Crippen molar-refractivity contribution in [1.29, 1.82) is 0 Å². The third-order valence-electron chi connectivity index (χ3n) is 4.98. The predicted octanol–water partition coefficient (Wildman–Crippen LogP) is 0.520. The molecule has 0 aromatic heterocycles. The van der Waals surface area contributed by atoms with E-state index >= 15 is 0 Å². The Bertz CT molecular complexity index is 678. The summed E-state index contributed by atoms with van der Waals surface area (Å²) in [6, 6.07) is 5.59. The number of rotatable bonds is 4. The van der Waals surface area contributed by atoms with E-state index < -0.39 is 10.8 Å². The van der Waals surface area contributed by atoms with Crippen molar-refractivity contribution in [3.05, 3.63) is 39.9 Å². The van der Waals surface area contributed by atoms with Gasteiger partial charge in [0.15, 0.2) is 0 Å². The topological polar surface area (TPSA) is 119 Å². The van der Waals surface area contributed by atoms with E-state index in [0.717, 1.165) is 12.8 Å². The Morgan fingerprint density at radius 1 is 1.33 bits per heavy atom. The van der Waals surface area contributed by atoms with Gasteiger partial charge in [0.05, 0.1) is 11.5 Å². The largest absolute Gasteiger partial charge is 0.343 e. The molecule has 1 aromatic rings. The number of carbonyl (C=O) groups excluding carboxylic acids is 2. The molecule has 3 N–H and O–H groups in total. The van der Waals surface area contributed by atoms with Gasteiger partial charge < -0.3 is 16.0 Å². The average molecular weight is 332 g/mol. The van der Waals surface area contributed by atoms with E-state index in [2.05, 4.69) is 5.32 Å². The van der Waals surface area contributed by atoms with E-state index in [4.69, 9.17) is 5.73 Å². The zero-order valence-electron chi connectivity index (χ0n) is 13.2. The van der Waals surface area contributed by atoms with Crippen molar-refractivity contribution in [3.63, 3.8) is 0 Å². The smallest absolute Gasteiger partial charge is 0.270 e. The van der Waals surface area contributed by atoms with E-state index in [1.54, 1.807) is 4.90 Å². The number of amides is 2. The van der Waals surface area contributed by atoms with Gasteiger partial charge in [0, 0.05) is 36.8 Å². The van der Waals surface area contributed by atoms with Crippen LogP contribution in [0.5, 0.6) is 0 Å². The van der Waals surface area contributed by atoms with Crippen LogP contribution in [0.3, 0.4) is 0 Å². The molecule has 1 saturated heterocycles. The van der Waals surface area contributed by atoms with Crippen molar-refractivity contribution in [2.24, 2.45) is 17.6 Å². The van der Waals surface area contributed by atoms with Crippen LogP contribution >= 0.6 is 0 Å². The second-order valence-corrected chi connectivity index (χ2v) is 6.45. The molecular weight excluding hydrogens is 312 g/mol. The molecule has 8 nitrogen and oxygen atoms in total. The molecule has 1 aliphatic heterocycles. The SMILES string of the molecule is NC1CCC2CN(C(=O)CNC(=O)c3cccc([N+](=O)[O-])c3)CC12. The number of fused-ring (bicyclic) bond motifs is 1. The van der Waals surface area contributed by atoms with Crippen molar-refractivity contribution >= 4 is 17.5 Å². The third kappa shape index (κ3) is 3.23. The van der Waals surface area contributed by atoms with Crippen LogP contribution in [-0.4, -0.2) is 47.3 Å². The Kier molecular flexibility index (Phi) is 4.48. The van der Waals surface area contributed by atoms with Gasteiger partial charge in [-0.25, -0.2) is 0 Å². The number of nitro benzene ring substituents is 1. The van der Waals surface area contributed by atoms with Crippen LogP contribution in [0.4, 0.5) is 5.69 Å². The fourth-order valence-electron chi connectivity index (χ4n) is 3.64. The number of carbonyl (C=O) groups is 2. The first-order valence-corrected chi connectivity index (χ1v) is 8.01. The molecule has 1 heterocycles. The Morgan fingerprint density at radius 3 is 2.83 bits per heavy atom. The van der Waals surface area contributed by atoms with E-state index in [0.29, 0.717) is 24.9 Å². The molecule has 2 aliphatic rings. The van der Waals surface area contributed by atoms with Gasteiger partial charge >= 0.3 is 0 Å². The van der Waals surface area contributed by atoms with Crippen LogP contribution in [0, 0.1) is 22.0 Å². The Morgan fingerprint density at radius 2 is 2.12 bits per heavy atom. The maximum absolute atomic E-state index is 12.3. The van der Waals surface area contributed by atoms with Gasteiger partial charge in [0.25, 0.3) is 11.6 Å². The Labute approximate surface area is 139 Å². The molecule has 1 saturated carbocycles. The van der Waals surface area contributed by atoms with Crippen LogP contribution < -0.4 is 11.1 Å². The second kappa shape index (κ2) is 6.56. The lowest BCUT2D eigenvalue weighted by Gasteiger charge is -2.19. The van der Waals surface area contributed by atoms with Gasteiger partial charge in [0.2, 0.25) is 5.91 Å². The van der Waals surface area contributed by atoms with E-state index in [9.17, 15) is 19.7 Å². The van der Waals surface area contributed by atoms with Crippen molar-refractivity contribution in [1.82, 2.24) is 10.2 Å². The van der Waals surface area contributed by atoms with E-state index in [1.165, 1.54) is 24.3 Å². The monoisotopic (exact) mass is 332 g/mol. The number of nitro groups is 1. The normalized spacial score (nSPS) is 25.4. The summed E-state index contributed by atoms with van der Waals surface area (Å²) in [4.78, 5) is 36.3. The molecule has 0 spiro atoms. The zero-order valence-corrected chi connectivity index (χ0v) is 13.2. The first kappa shape index (κ1) is 16.4.